The maximum absolute atomic E-state index is 14.9. The standard InChI is InChI=1S/C44H53F3N6O8S2/c1-25-11-13-28(14-12-25)32-20-30(21-33(49-32)37-48-17-18-62-37)60-31-22-34-36(54)51-43(39(56)52-63(58,59)42(6)15-16-42)23-29(43)10-8-7-9-26(2)19-27(3)35(38(55)53(34)24-31)50-40(57)61-41(4,5)44(45,46)47/h8,10-14,17-18,20-21,26-27,29,31,34-35H,7,9,15-16,19,22-24H2,1-6H3,(H,50,57)(H,51,54)(H,52,56)/b10-8-/t26-,27-,29-,31-,34+,35+,43?/m1/s1. The van der Waals surface area contributed by atoms with Gasteiger partial charge in [0.1, 0.15) is 40.2 Å². The Morgan fingerprint density at radius 1 is 1.05 bits per heavy atom. The van der Waals surface area contributed by atoms with Gasteiger partial charge in [-0.2, -0.15) is 13.2 Å². The van der Waals surface area contributed by atoms with Crippen LogP contribution < -0.4 is 20.1 Å². The molecule has 1 unspecified atom stereocenters. The third kappa shape index (κ3) is 9.88. The molecule has 2 aliphatic heterocycles. The first kappa shape index (κ1) is 46.0. The van der Waals surface area contributed by atoms with Crippen molar-refractivity contribution in [3.63, 3.8) is 0 Å². The Labute approximate surface area is 368 Å². The Morgan fingerprint density at radius 3 is 2.40 bits per heavy atom. The number of hydrogen-bond acceptors (Lipinski definition) is 11. The SMILES string of the molecule is Cc1ccc(-c2cc(O[C@@H]3C[C@H]4C(=O)NC5(C(=O)NS(=O)(=O)C6(C)CC6)C[C@H]5/C=C\CC[C@@H](C)C[C@@H](C)[C@H](NC(=O)OC(C)(C)C(F)(F)F)C(=O)N4C3)cc(-c3nccs3)n2)cc1. The van der Waals surface area contributed by atoms with E-state index in [1.54, 1.807) is 38.3 Å². The first-order valence-electron chi connectivity index (χ1n) is 21.1. The molecule has 4 aliphatic rings. The molecule has 340 valence electrons. The number of alkyl carbamates (subject to hydrolysis) is 1. The van der Waals surface area contributed by atoms with Gasteiger partial charge in [-0.25, -0.2) is 23.2 Å². The summed E-state index contributed by atoms with van der Waals surface area (Å²) in [4.78, 5) is 67.3. The van der Waals surface area contributed by atoms with Crippen molar-refractivity contribution in [2.24, 2.45) is 17.8 Å². The average Bonchev–Trinajstić information content (AvgIpc) is 3.95. The van der Waals surface area contributed by atoms with Gasteiger partial charge in [-0.3, -0.25) is 19.1 Å². The number of hydrogen-bond donors (Lipinski definition) is 3. The number of allylic oxidation sites excluding steroid dienone is 1. The highest BCUT2D eigenvalue weighted by molar-refractivity contribution is 7.91. The Kier molecular flexibility index (Phi) is 12.5. The first-order valence-corrected chi connectivity index (χ1v) is 23.4. The molecule has 7 atom stereocenters. The zero-order chi connectivity index (χ0) is 45.7. The lowest BCUT2D eigenvalue weighted by Crippen LogP contribution is -2.59. The van der Waals surface area contributed by atoms with Gasteiger partial charge in [-0.1, -0.05) is 55.8 Å². The molecule has 1 aromatic carbocycles. The highest BCUT2D eigenvalue weighted by Gasteiger charge is 2.63. The molecule has 4 heterocycles. The van der Waals surface area contributed by atoms with Gasteiger partial charge in [0, 0.05) is 41.6 Å². The van der Waals surface area contributed by atoms with Crippen molar-refractivity contribution in [3.8, 4) is 27.7 Å². The van der Waals surface area contributed by atoms with Crippen molar-refractivity contribution < 1.29 is 50.2 Å². The van der Waals surface area contributed by atoms with Crippen LogP contribution in [0.4, 0.5) is 18.0 Å². The second-order valence-electron chi connectivity index (χ2n) is 18.3. The van der Waals surface area contributed by atoms with Crippen LogP contribution in [0.2, 0.25) is 0 Å². The molecule has 0 radical (unpaired) electrons. The number of amides is 4. The third-order valence-corrected chi connectivity index (χ3v) is 15.6. The first-order chi connectivity index (χ1) is 29.5. The largest absolute Gasteiger partial charge is 0.488 e. The number of benzene rings is 1. The molecule has 19 heteroatoms. The number of ether oxygens (including phenoxy) is 2. The van der Waals surface area contributed by atoms with Crippen LogP contribution >= 0.6 is 11.3 Å². The van der Waals surface area contributed by atoms with E-state index >= 15 is 0 Å². The van der Waals surface area contributed by atoms with Gasteiger partial charge < -0.3 is 25.0 Å². The molecule has 7 rings (SSSR count). The van der Waals surface area contributed by atoms with Crippen molar-refractivity contribution in [2.45, 2.75) is 127 Å². The van der Waals surface area contributed by atoms with E-state index in [1.165, 1.54) is 16.2 Å². The molecular weight excluding hydrogens is 862 g/mol. The number of carbonyl (C=O) groups excluding carboxylic acids is 4. The number of halogens is 3. The summed E-state index contributed by atoms with van der Waals surface area (Å²) in [6.07, 6.45) is 0.320. The molecular formula is C44H53F3N6O8S2. The molecule has 0 bridgehead atoms. The topological polar surface area (TPSA) is 186 Å². The van der Waals surface area contributed by atoms with Crippen LogP contribution in [-0.4, -0.2) is 93.9 Å². The lowest BCUT2D eigenvalue weighted by molar-refractivity contribution is -0.244. The van der Waals surface area contributed by atoms with E-state index in [0.29, 0.717) is 68.1 Å². The molecule has 3 N–H and O–H groups in total. The molecule has 14 nitrogen and oxygen atoms in total. The van der Waals surface area contributed by atoms with Gasteiger partial charge in [0.05, 0.1) is 17.0 Å². The van der Waals surface area contributed by atoms with Crippen molar-refractivity contribution >= 4 is 45.2 Å². The van der Waals surface area contributed by atoms with E-state index < -0.39 is 85.9 Å². The van der Waals surface area contributed by atoms with Crippen LogP contribution in [-0.2, 0) is 29.1 Å². The van der Waals surface area contributed by atoms with Gasteiger partial charge >= 0.3 is 12.3 Å². The Hall–Kier alpha value is -5.04. The number of nitrogens with one attached hydrogen (secondary N) is 3. The molecule has 4 amide bonds. The minimum Gasteiger partial charge on any atom is -0.488 e. The quantitative estimate of drug-likeness (QED) is 0.192. The summed E-state index contributed by atoms with van der Waals surface area (Å²) < 4.78 is 80.6. The summed E-state index contributed by atoms with van der Waals surface area (Å²) >= 11 is 1.37. The summed E-state index contributed by atoms with van der Waals surface area (Å²) in [6, 6.07) is 8.38. The monoisotopic (exact) mass is 914 g/mol. The normalized spacial score (nSPS) is 28.0. The van der Waals surface area contributed by atoms with Gasteiger partial charge in [0.25, 0.3) is 5.91 Å². The Morgan fingerprint density at radius 2 is 1.75 bits per heavy atom. The van der Waals surface area contributed by atoms with Crippen LogP contribution in [0.25, 0.3) is 22.0 Å². The van der Waals surface area contributed by atoms with Crippen molar-refractivity contribution in [1.82, 2.24) is 30.2 Å². The van der Waals surface area contributed by atoms with Crippen LogP contribution in [0.5, 0.6) is 5.75 Å². The molecule has 1 saturated heterocycles. The number of sulfonamides is 1. The second kappa shape index (κ2) is 17.2. The van der Waals surface area contributed by atoms with Crippen molar-refractivity contribution in [3.05, 3.63) is 65.7 Å². The van der Waals surface area contributed by atoms with Gasteiger partial charge in [0.2, 0.25) is 27.4 Å². The lowest BCUT2D eigenvalue weighted by Gasteiger charge is -2.34. The number of thiazole rings is 1. The average molecular weight is 915 g/mol. The van der Waals surface area contributed by atoms with E-state index in [-0.39, 0.29) is 25.3 Å². The minimum absolute atomic E-state index is 0.0436. The second-order valence-corrected chi connectivity index (χ2v) is 21.3. The number of alkyl halides is 3. The number of aryl methyl sites for hydroxylation is 1. The van der Waals surface area contributed by atoms with Gasteiger partial charge in [-0.05, 0) is 78.1 Å². The maximum Gasteiger partial charge on any atom is 0.427 e. The highest BCUT2D eigenvalue weighted by Crippen LogP contribution is 2.48. The van der Waals surface area contributed by atoms with Crippen LogP contribution in [0.1, 0.15) is 85.1 Å². The molecule has 2 saturated carbocycles. The van der Waals surface area contributed by atoms with Crippen molar-refractivity contribution in [2.75, 3.05) is 6.54 Å². The number of fused-ring (bicyclic) bond motifs is 2. The summed E-state index contributed by atoms with van der Waals surface area (Å²) in [7, 11) is -4.09. The number of carbonyl (C=O) groups is 4. The number of rotatable bonds is 9. The lowest BCUT2D eigenvalue weighted by atomic mass is 9.88. The zero-order valence-electron chi connectivity index (χ0n) is 36.0. The fourth-order valence-corrected chi connectivity index (χ4v) is 10.1. The van der Waals surface area contributed by atoms with Crippen LogP contribution in [0.3, 0.4) is 0 Å². The van der Waals surface area contributed by atoms with Gasteiger partial charge in [-0.15, -0.1) is 11.3 Å². The smallest absolute Gasteiger partial charge is 0.427 e. The van der Waals surface area contributed by atoms with E-state index in [9.17, 15) is 40.8 Å². The molecule has 2 aliphatic carbocycles. The van der Waals surface area contributed by atoms with Crippen molar-refractivity contribution in [1.29, 1.82) is 0 Å². The van der Waals surface area contributed by atoms with E-state index in [2.05, 4.69) is 20.3 Å². The summed E-state index contributed by atoms with van der Waals surface area (Å²) in [6.45, 7) is 8.34. The fourth-order valence-electron chi connectivity index (χ4n) is 8.14. The summed E-state index contributed by atoms with van der Waals surface area (Å²) in [5.41, 5.74) is -1.61. The highest BCUT2D eigenvalue weighted by atomic mass is 32.2. The molecule has 2 aromatic heterocycles. The summed E-state index contributed by atoms with van der Waals surface area (Å²) in [5.74, 6) is -3.33. The predicted molar refractivity (Wildman–Crippen MR) is 229 cm³/mol. The summed E-state index contributed by atoms with van der Waals surface area (Å²) in [5, 5.41) is 7.66. The Balaban J connectivity index is 1.24. The molecule has 0 spiro atoms. The maximum atomic E-state index is 14.9. The van der Waals surface area contributed by atoms with Crippen LogP contribution in [0, 0.1) is 24.7 Å². The fraction of sp³-hybridized carbons (Fsp3) is 0.545. The number of pyridine rings is 1. The predicted octanol–water partition coefficient (Wildman–Crippen LogP) is 6.85. The Bertz CT molecular complexity index is 2370. The third-order valence-electron chi connectivity index (χ3n) is 12.7. The number of aromatic nitrogens is 2. The zero-order valence-corrected chi connectivity index (χ0v) is 37.6. The van der Waals surface area contributed by atoms with Crippen LogP contribution in [0.15, 0.2) is 60.1 Å². The molecule has 3 fully saturated rings. The molecule has 63 heavy (non-hydrogen) atoms. The van der Waals surface area contributed by atoms with E-state index in [0.717, 1.165) is 11.1 Å². The molecule has 3 aromatic rings. The van der Waals surface area contributed by atoms with E-state index in [1.807, 2.05) is 49.6 Å². The van der Waals surface area contributed by atoms with Gasteiger partial charge in [0.15, 0.2) is 0 Å². The van der Waals surface area contributed by atoms with E-state index in [4.69, 9.17) is 14.5 Å². The minimum atomic E-state index is -4.92. The number of nitrogens with zero attached hydrogens (tertiary/aromatic N) is 3.